The number of pyridine rings is 1. The Morgan fingerprint density at radius 2 is 2.29 bits per heavy atom. The Hall–Kier alpha value is -2.64. The van der Waals surface area contributed by atoms with Crippen LogP contribution >= 0.6 is 0 Å². The minimum Gasteiger partial charge on any atom is -0.495 e. The molecule has 3 N–H and O–H groups in total. The maximum absolute atomic E-state index is 8.48. The molecule has 0 spiro atoms. The number of oxime groups is 1. The molecule has 0 aromatic carbocycles. The summed E-state index contributed by atoms with van der Waals surface area (Å²) in [7, 11) is 1.56. The second kappa shape index (κ2) is 4.47. The molecule has 0 unspecified atom stereocenters. The molecule has 2 rings (SSSR count). The second-order valence-electron chi connectivity index (χ2n) is 3.05. The number of nitrogens with zero attached hydrogens (tertiary/aromatic N) is 5. The highest BCUT2D eigenvalue weighted by Crippen LogP contribution is 2.10. The summed E-state index contributed by atoms with van der Waals surface area (Å²) in [5, 5.41) is 15.3. The second-order valence-corrected chi connectivity index (χ2v) is 3.05. The highest BCUT2D eigenvalue weighted by atomic mass is 16.5. The highest BCUT2D eigenvalue weighted by Gasteiger charge is 2.07. The van der Waals surface area contributed by atoms with Gasteiger partial charge in [0.15, 0.2) is 5.82 Å². The lowest BCUT2D eigenvalue weighted by molar-refractivity contribution is 0.318. The number of hydrogen-bond acceptors (Lipinski definition) is 6. The van der Waals surface area contributed by atoms with Crippen LogP contribution in [0.15, 0.2) is 29.8 Å². The molecule has 2 aromatic rings. The quantitative estimate of drug-likeness (QED) is 0.328. The number of aromatic nitrogens is 4. The fourth-order valence-electron chi connectivity index (χ4n) is 1.16. The summed E-state index contributed by atoms with van der Waals surface area (Å²) in [4.78, 5) is 7.98. The van der Waals surface area contributed by atoms with E-state index in [2.05, 4.69) is 20.2 Å². The Kier molecular flexibility index (Phi) is 2.86. The first-order valence-electron chi connectivity index (χ1n) is 4.64. The number of hydrogen-bond donors (Lipinski definition) is 2. The topological polar surface area (TPSA) is 111 Å². The van der Waals surface area contributed by atoms with Crippen LogP contribution in [0.5, 0.6) is 5.75 Å². The molecular formula is C9H10N6O2. The van der Waals surface area contributed by atoms with Crippen molar-refractivity contribution >= 4 is 5.84 Å². The van der Waals surface area contributed by atoms with Gasteiger partial charge in [0.1, 0.15) is 12.1 Å². The van der Waals surface area contributed by atoms with Gasteiger partial charge in [-0.15, -0.1) is 5.10 Å². The van der Waals surface area contributed by atoms with Crippen molar-refractivity contribution in [3.63, 3.8) is 0 Å². The van der Waals surface area contributed by atoms with Gasteiger partial charge in [0, 0.05) is 0 Å². The van der Waals surface area contributed by atoms with E-state index in [0.717, 1.165) is 0 Å². The molecule has 8 heteroatoms. The van der Waals surface area contributed by atoms with E-state index in [0.29, 0.717) is 11.6 Å². The van der Waals surface area contributed by atoms with E-state index in [9.17, 15) is 0 Å². The average molecular weight is 234 g/mol. The Bertz CT molecular complexity index is 533. The normalized spacial score (nSPS) is 11.5. The summed E-state index contributed by atoms with van der Waals surface area (Å²) in [5.74, 6) is 1.17. The maximum Gasteiger partial charge on any atom is 0.220 e. The maximum atomic E-state index is 8.48. The van der Waals surface area contributed by atoms with Crippen molar-refractivity contribution in [1.29, 1.82) is 0 Å². The largest absolute Gasteiger partial charge is 0.495 e. The molecule has 0 aliphatic heterocycles. The van der Waals surface area contributed by atoms with E-state index in [1.165, 1.54) is 11.0 Å². The van der Waals surface area contributed by atoms with Crippen LogP contribution in [0.2, 0.25) is 0 Å². The number of amidine groups is 1. The zero-order chi connectivity index (χ0) is 12.3. The summed E-state index contributed by atoms with van der Waals surface area (Å²) in [6.45, 7) is 0. The van der Waals surface area contributed by atoms with Gasteiger partial charge in [-0.05, 0) is 12.1 Å². The molecule has 0 aliphatic carbocycles. The van der Waals surface area contributed by atoms with Gasteiger partial charge in [0.25, 0.3) is 0 Å². The molecule has 0 amide bonds. The van der Waals surface area contributed by atoms with E-state index in [4.69, 9.17) is 15.7 Å². The van der Waals surface area contributed by atoms with Gasteiger partial charge < -0.3 is 15.7 Å². The van der Waals surface area contributed by atoms with Crippen LogP contribution < -0.4 is 10.5 Å². The number of nitrogens with two attached hydrogens (primary N) is 1. The zero-order valence-corrected chi connectivity index (χ0v) is 8.98. The number of methoxy groups -OCH3 is 1. The number of ether oxygens (including phenoxy) is 1. The summed E-state index contributed by atoms with van der Waals surface area (Å²) >= 11 is 0. The Morgan fingerprint density at radius 3 is 2.88 bits per heavy atom. The van der Waals surface area contributed by atoms with Gasteiger partial charge in [-0.2, -0.15) is 0 Å². The molecule has 0 radical (unpaired) electrons. The molecule has 0 atom stereocenters. The smallest absolute Gasteiger partial charge is 0.220 e. The fraction of sp³-hybridized carbons (Fsp3) is 0.111. The van der Waals surface area contributed by atoms with Crippen LogP contribution in [0.3, 0.4) is 0 Å². The van der Waals surface area contributed by atoms with Gasteiger partial charge in [-0.25, -0.2) is 14.6 Å². The van der Waals surface area contributed by atoms with Gasteiger partial charge in [-0.3, -0.25) is 0 Å². The van der Waals surface area contributed by atoms with E-state index in [1.54, 1.807) is 25.4 Å². The molecular weight excluding hydrogens is 224 g/mol. The first-order valence-corrected chi connectivity index (χ1v) is 4.64. The van der Waals surface area contributed by atoms with E-state index in [-0.39, 0.29) is 11.7 Å². The molecule has 0 fully saturated rings. The Balaban J connectivity index is 2.30. The highest BCUT2D eigenvalue weighted by molar-refractivity contribution is 5.93. The van der Waals surface area contributed by atoms with Gasteiger partial charge in [0.2, 0.25) is 11.7 Å². The van der Waals surface area contributed by atoms with Crippen LogP contribution in [-0.4, -0.2) is 37.9 Å². The van der Waals surface area contributed by atoms with Crippen LogP contribution in [0.25, 0.3) is 5.82 Å². The van der Waals surface area contributed by atoms with Crippen LogP contribution in [-0.2, 0) is 0 Å². The van der Waals surface area contributed by atoms with E-state index in [1.807, 2.05) is 0 Å². The minimum atomic E-state index is -0.155. The van der Waals surface area contributed by atoms with Crippen molar-refractivity contribution in [3.05, 3.63) is 30.5 Å². The molecule has 0 aliphatic rings. The van der Waals surface area contributed by atoms with Gasteiger partial charge in [-0.1, -0.05) is 5.16 Å². The summed E-state index contributed by atoms with van der Waals surface area (Å²) in [6, 6.07) is 3.46. The zero-order valence-electron chi connectivity index (χ0n) is 8.98. The SMILES string of the molecule is COc1ccc(-n2cnc(/C(N)=N/O)n2)nc1. The molecule has 88 valence electrons. The molecule has 17 heavy (non-hydrogen) atoms. The van der Waals surface area contributed by atoms with Gasteiger partial charge >= 0.3 is 0 Å². The van der Waals surface area contributed by atoms with E-state index >= 15 is 0 Å². The minimum absolute atomic E-state index is 0.130. The first kappa shape index (κ1) is 10.9. The average Bonchev–Trinajstić information content (AvgIpc) is 2.87. The molecule has 2 aromatic heterocycles. The standard InChI is InChI=1S/C9H10N6O2/c1-17-6-2-3-7(11-4-6)15-5-12-9(13-15)8(10)14-16/h2-5,16H,1H3,(H2,10,14). The van der Waals surface area contributed by atoms with Crippen LogP contribution in [0.1, 0.15) is 5.82 Å². The third kappa shape index (κ3) is 2.14. The predicted molar refractivity (Wildman–Crippen MR) is 58.2 cm³/mol. The fourth-order valence-corrected chi connectivity index (χ4v) is 1.16. The third-order valence-electron chi connectivity index (χ3n) is 2.02. The summed E-state index contributed by atoms with van der Waals surface area (Å²) in [6.07, 6.45) is 2.97. The van der Waals surface area contributed by atoms with Crippen molar-refractivity contribution in [1.82, 2.24) is 19.7 Å². The van der Waals surface area contributed by atoms with Crippen molar-refractivity contribution in [3.8, 4) is 11.6 Å². The summed E-state index contributed by atoms with van der Waals surface area (Å²) in [5.41, 5.74) is 5.35. The molecule has 8 nitrogen and oxygen atoms in total. The van der Waals surface area contributed by atoms with Crippen molar-refractivity contribution < 1.29 is 9.94 Å². The molecule has 0 saturated carbocycles. The lowest BCUT2D eigenvalue weighted by Gasteiger charge is -2.01. The van der Waals surface area contributed by atoms with Crippen molar-refractivity contribution in [2.75, 3.05) is 7.11 Å². The Morgan fingerprint density at radius 1 is 1.47 bits per heavy atom. The van der Waals surface area contributed by atoms with Crippen molar-refractivity contribution in [2.45, 2.75) is 0 Å². The van der Waals surface area contributed by atoms with Gasteiger partial charge in [0.05, 0.1) is 13.3 Å². The number of rotatable bonds is 3. The summed E-state index contributed by atoms with van der Waals surface area (Å²) < 4.78 is 6.40. The molecule has 0 saturated heterocycles. The lowest BCUT2D eigenvalue weighted by atomic mass is 10.4. The molecule has 2 heterocycles. The van der Waals surface area contributed by atoms with E-state index < -0.39 is 0 Å². The monoisotopic (exact) mass is 234 g/mol. The predicted octanol–water partition coefficient (Wildman–Crippen LogP) is -0.235. The van der Waals surface area contributed by atoms with Crippen LogP contribution in [0, 0.1) is 0 Å². The van der Waals surface area contributed by atoms with Crippen LogP contribution in [0.4, 0.5) is 0 Å². The lowest BCUT2D eigenvalue weighted by Crippen LogP contribution is -2.15. The van der Waals surface area contributed by atoms with Crippen molar-refractivity contribution in [2.24, 2.45) is 10.9 Å². The third-order valence-corrected chi connectivity index (χ3v) is 2.02. The molecule has 0 bridgehead atoms. The first-order chi connectivity index (χ1) is 8.24. The Labute approximate surface area is 96.4 Å².